The molecule has 1 aromatic rings. The van der Waals surface area contributed by atoms with Crippen LogP contribution in [0.4, 0.5) is 17.5 Å². The fourth-order valence-corrected chi connectivity index (χ4v) is 2.50. The van der Waals surface area contributed by atoms with Gasteiger partial charge in [-0.1, -0.05) is 0 Å². The summed E-state index contributed by atoms with van der Waals surface area (Å²) in [7, 11) is 0. The third-order valence-corrected chi connectivity index (χ3v) is 3.50. The molecule has 0 bridgehead atoms. The standard InChI is InChI=1S/C11H15N5O5/c1-15-3-16(8-5(15)9(20)14-11(12)13-8)10-7(19)6(18)4(2-17)21-10/h3-4,6-7,10,17-19H,2H2,1H3,(H2-,12,13,14,20)/p+1/t4-,6-,7-,10-/m1/s1/i1D3. The minimum Gasteiger partial charge on any atom is -0.854 e. The molecular weight excluding hydrogens is 282 g/mol. The molecule has 0 aliphatic carbocycles. The number of ether oxygens (including phenoxy) is 1. The molecule has 1 aromatic heterocycles. The zero-order valence-electron chi connectivity index (χ0n) is 13.7. The van der Waals surface area contributed by atoms with Gasteiger partial charge in [0.25, 0.3) is 0 Å². The molecule has 1 unspecified atom stereocenters. The van der Waals surface area contributed by atoms with Crippen molar-refractivity contribution in [3.8, 4) is 5.88 Å². The maximum absolute atomic E-state index is 12.1. The molecule has 114 valence electrons. The summed E-state index contributed by atoms with van der Waals surface area (Å²) >= 11 is 0. The van der Waals surface area contributed by atoms with Gasteiger partial charge in [0.2, 0.25) is 12.2 Å². The van der Waals surface area contributed by atoms with Gasteiger partial charge in [0.15, 0.2) is 6.10 Å². The van der Waals surface area contributed by atoms with Gasteiger partial charge in [-0.2, -0.15) is 9.88 Å². The van der Waals surface area contributed by atoms with Gasteiger partial charge in [-0.25, -0.2) is 4.98 Å². The fraction of sp³-hybridized carbons (Fsp3) is 0.545. The van der Waals surface area contributed by atoms with Crippen molar-refractivity contribution >= 4 is 23.8 Å². The first-order chi connectivity index (χ1) is 11.1. The molecule has 3 rings (SSSR count). The number of anilines is 1. The average molecular weight is 301 g/mol. The molecule has 6 N–H and O–H groups in total. The summed E-state index contributed by atoms with van der Waals surface area (Å²) in [4.78, 5) is 7.38. The predicted molar refractivity (Wildman–Crippen MR) is 66.2 cm³/mol. The van der Waals surface area contributed by atoms with E-state index in [2.05, 4.69) is 9.97 Å². The number of fused-ring (bicyclic) bond motifs is 1. The predicted octanol–water partition coefficient (Wildman–Crippen LogP) is -4.60. The monoisotopic (exact) mass is 301 g/mol. The van der Waals surface area contributed by atoms with Crippen LogP contribution in [0.2, 0.25) is 0 Å². The van der Waals surface area contributed by atoms with Crippen LogP contribution in [0.3, 0.4) is 0 Å². The van der Waals surface area contributed by atoms with Crippen molar-refractivity contribution in [2.45, 2.75) is 24.5 Å². The highest BCUT2D eigenvalue weighted by molar-refractivity contribution is 5.65. The first-order valence-corrected chi connectivity index (χ1v) is 6.13. The summed E-state index contributed by atoms with van der Waals surface area (Å²) in [6.45, 7) is -3.25. The summed E-state index contributed by atoms with van der Waals surface area (Å²) in [5.41, 5.74) is 5.15. The molecule has 10 heteroatoms. The Balaban J connectivity index is 2.09. The molecule has 1 saturated heterocycles. The Morgan fingerprint density at radius 2 is 2.29 bits per heavy atom. The molecule has 5 atom stereocenters. The number of nitrogens with zero attached hydrogens (tertiary/aromatic N) is 3. The first-order valence-electron chi connectivity index (χ1n) is 7.63. The van der Waals surface area contributed by atoms with Crippen LogP contribution < -0.4 is 15.7 Å². The number of quaternary nitrogens is 1. The van der Waals surface area contributed by atoms with Crippen LogP contribution >= 0.6 is 0 Å². The molecular formula is C11H16N5O5+. The van der Waals surface area contributed by atoms with Crippen LogP contribution in [0.5, 0.6) is 5.88 Å². The van der Waals surface area contributed by atoms with E-state index in [4.69, 9.17) is 19.7 Å². The van der Waals surface area contributed by atoms with E-state index in [0.29, 0.717) is 4.58 Å². The Kier molecular flexibility index (Phi) is 2.50. The van der Waals surface area contributed by atoms with Crippen LogP contribution in [0.25, 0.3) is 0 Å². The largest absolute Gasteiger partial charge is 0.854 e. The lowest BCUT2D eigenvalue weighted by atomic mass is 10.1. The minimum absolute atomic E-state index is 0.0647. The highest BCUT2D eigenvalue weighted by Crippen LogP contribution is 2.30. The van der Waals surface area contributed by atoms with E-state index in [1.54, 1.807) is 0 Å². The van der Waals surface area contributed by atoms with Crippen LogP contribution in [0, 0.1) is 0 Å². The highest BCUT2D eigenvalue weighted by atomic mass is 16.6. The van der Waals surface area contributed by atoms with Crippen molar-refractivity contribution in [3.05, 3.63) is 0 Å². The Morgan fingerprint density at radius 1 is 1.52 bits per heavy atom. The van der Waals surface area contributed by atoms with Crippen LogP contribution in [0.15, 0.2) is 0 Å². The average Bonchev–Trinajstić information content (AvgIpc) is 2.98. The van der Waals surface area contributed by atoms with Crippen molar-refractivity contribution < 1.29 is 38.8 Å². The summed E-state index contributed by atoms with van der Waals surface area (Å²) in [5.74, 6) is -1.33. The van der Waals surface area contributed by atoms with Crippen molar-refractivity contribution in [1.82, 2.24) is 9.97 Å². The molecule has 0 aromatic carbocycles. The Hall–Kier alpha value is -1.85. The van der Waals surface area contributed by atoms with Crippen molar-refractivity contribution in [2.24, 2.45) is 0 Å². The lowest BCUT2D eigenvalue weighted by molar-refractivity contribution is -0.801. The van der Waals surface area contributed by atoms with E-state index in [1.807, 2.05) is 0 Å². The van der Waals surface area contributed by atoms with E-state index < -0.39 is 44.0 Å². The van der Waals surface area contributed by atoms with Crippen LogP contribution in [0.1, 0.15) is 4.11 Å². The molecule has 1 fully saturated rings. The number of nitrogens with two attached hydrogens (primary N) is 1. The molecule has 2 aliphatic heterocycles. The van der Waals surface area contributed by atoms with Crippen LogP contribution in [-0.4, -0.2) is 74.3 Å². The van der Waals surface area contributed by atoms with Crippen LogP contribution in [-0.2, 0) is 4.74 Å². The second-order valence-electron chi connectivity index (χ2n) is 4.80. The maximum atomic E-state index is 12.1. The Labute approximate surface area is 123 Å². The summed E-state index contributed by atoms with van der Waals surface area (Å²) < 4.78 is 28.7. The second kappa shape index (κ2) is 4.86. The zero-order chi connectivity index (χ0) is 17.8. The number of aliphatic hydroxyl groups excluding tert-OH is 3. The van der Waals surface area contributed by atoms with Gasteiger partial charge in [0.05, 0.1) is 12.5 Å². The maximum Gasteiger partial charge on any atom is 0.339 e. The topological polar surface area (TPSA) is 152 Å². The smallest absolute Gasteiger partial charge is 0.339 e. The summed E-state index contributed by atoms with van der Waals surface area (Å²) in [6, 6.07) is 0. The molecule has 21 heavy (non-hydrogen) atoms. The van der Waals surface area contributed by atoms with E-state index in [-0.39, 0.29) is 22.4 Å². The van der Waals surface area contributed by atoms with Gasteiger partial charge >= 0.3 is 17.8 Å². The molecule has 3 heterocycles. The molecule has 0 radical (unpaired) electrons. The van der Waals surface area contributed by atoms with E-state index in [1.165, 1.54) is 0 Å². The van der Waals surface area contributed by atoms with Gasteiger partial charge in [0.1, 0.15) is 23.3 Å². The molecule has 0 saturated carbocycles. The van der Waals surface area contributed by atoms with Crippen molar-refractivity contribution in [3.63, 3.8) is 0 Å². The minimum atomic E-state index is -2.70. The molecule has 0 spiro atoms. The number of aliphatic hydroxyl groups is 3. The fourth-order valence-electron chi connectivity index (χ4n) is 2.50. The Bertz CT molecular complexity index is 699. The lowest BCUT2D eigenvalue weighted by Crippen LogP contribution is -3.11. The quantitative estimate of drug-likeness (QED) is 0.342. The van der Waals surface area contributed by atoms with E-state index >= 15 is 0 Å². The second-order valence-corrected chi connectivity index (χ2v) is 4.80. The number of hydrogen-bond donors (Lipinski definition) is 5. The number of aromatic nitrogens is 2. The number of nitrogen functional groups attached to an aromatic ring is 1. The molecule has 2 aliphatic rings. The summed E-state index contributed by atoms with van der Waals surface area (Å²) in [6.07, 6.45) is -3.96. The third kappa shape index (κ3) is 2.04. The number of nitrogens with one attached hydrogen (secondary N) is 1. The van der Waals surface area contributed by atoms with Gasteiger partial charge in [-0.3, -0.25) is 0 Å². The van der Waals surface area contributed by atoms with E-state index in [9.17, 15) is 15.3 Å². The van der Waals surface area contributed by atoms with Gasteiger partial charge < -0.3 is 30.9 Å². The molecule has 0 amide bonds. The lowest BCUT2D eigenvalue weighted by Gasteiger charge is -2.17. The SMILES string of the molecule is [2H]C([2H])([2H])[N+]1=C[NH+]([C@@H]2O[C@H](CO)[C@@H](O)[C@H]2O)c2nc(N)nc([O-])c21. The Morgan fingerprint density at radius 3 is 2.90 bits per heavy atom. The van der Waals surface area contributed by atoms with E-state index in [0.717, 1.165) is 6.34 Å². The normalized spacial score (nSPS) is 37.6. The van der Waals surface area contributed by atoms with Gasteiger partial charge in [-0.05, 0) is 0 Å². The summed E-state index contributed by atoms with van der Waals surface area (Å²) in [5, 5.41) is 41.2. The number of hydrogen-bond acceptors (Lipinski definition) is 8. The highest BCUT2D eigenvalue weighted by Gasteiger charge is 2.53. The van der Waals surface area contributed by atoms with Crippen molar-refractivity contribution in [2.75, 3.05) is 19.3 Å². The first kappa shape index (κ1) is 10.8. The third-order valence-electron chi connectivity index (χ3n) is 3.50. The van der Waals surface area contributed by atoms with Crippen molar-refractivity contribution in [1.29, 1.82) is 0 Å². The zero-order valence-corrected chi connectivity index (χ0v) is 10.7. The molecule has 10 nitrogen and oxygen atoms in total. The van der Waals surface area contributed by atoms with Gasteiger partial charge in [0, 0.05) is 0 Å². The number of rotatable bonds is 2. The van der Waals surface area contributed by atoms with Gasteiger partial charge in [-0.15, -0.1) is 4.58 Å².